The Morgan fingerprint density at radius 2 is 1.52 bits per heavy atom. The summed E-state index contributed by atoms with van der Waals surface area (Å²) in [5, 5.41) is 0.228. The molecule has 2 aromatic carbocycles. The Morgan fingerprint density at radius 3 is 2.10 bits per heavy atom. The first-order chi connectivity index (χ1) is 14.8. The standard InChI is InChI=1S/C24H27NO5S/c1-4-16-29-24(26)30-17-15-21-18(2)25(20-13-9-6-10-14-20)23(31(3,27)28)22(21)19-11-7-5-8-12-19/h5-14H,4,15-17H2,1-3H3. The van der Waals surface area contributed by atoms with Crippen molar-refractivity contribution >= 4 is 16.0 Å². The quantitative estimate of drug-likeness (QED) is 0.462. The van der Waals surface area contributed by atoms with Gasteiger partial charge in [0.25, 0.3) is 0 Å². The van der Waals surface area contributed by atoms with Gasteiger partial charge in [0.15, 0.2) is 9.84 Å². The van der Waals surface area contributed by atoms with Gasteiger partial charge in [0.2, 0.25) is 0 Å². The zero-order valence-corrected chi connectivity index (χ0v) is 18.8. The summed E-state index contributed by atoms with van der Waals surface area (Å²) in [5.41, 5.74) is 3.79. The van der Waals surface area contributed by atoms with E-state index < -0.39 is 16.0 Å². The molecule has 0 aliphatic carbocycles. The number of rotatable bonds is 8. The van der Waals surface area contributed by atoms with Crippen molar-refractivity contribution in [2.45, 2.75) is 31.7 Å². The predicted molar refractivity (Wildman–Crippen MR) is 120 cm³/mol. The van der Waals surface area contributed by atoms with Crippen LogP contribution in [0.25, 0.3) is 16.8 Å². The van der Waals surface area contributed by atoms with Gasteiger partial charge in [-0.05, 0) is 36.6 Å². The van der Waals surface area contributed by atoms with Gasteiger partial charge in [-0.3, -0.25) is 0 Å². The van der Waals surface area contributed by atoms with Gasteiger partial charge in [0.1, 0.15) is 5.03 Å². The topological polar surface area (TPSA) is 74.6 Å². The van der Waals surface area contributed by atoms with E-state index in [0.717, 1.165) is 22.5 Å². The fourth-order valence-electron chi connectivity index (χ4n) is 3.62. The third-order valence-corrected chi connectivity index (χ3v) is 6.00. The number of nitrogens with zero attached hydrogens (tertiary/aromatic N) is 1. The minimum absolute atomic E-state index is 0.0885. The second kappa shape index (κ2) is 9.83. The summed E-state index contributed by atoms with van der Waals surface area (Å²) >= 11 is 0. The fraction of sp³-hybridized carbons (Fsp3) is 0.292. The first-order valence-corrected chi connectivity index (χ1v) is 12.1. The van der Waals surface area contributed by atoms with Crippen LogP contribution in [0.1, 0.15) is 24.6 Å². The number of para-hydroxylation sites is 1. The Kier molecular flexibility index (Phi) is 7.17. The molecular formula is C24H27NO5S. The average molecular weight is 442 g/mol. The van der Waals surface area contributed by atoms with Crippen LogP contribution in [0.5, 0.6) is 0 Å². The van der Waals surface area contributed by atoms with Crippen molar-refractivity contribution in [1.29, 1.82) is 0 Å². The van der Waals surface area contributed by atoms with Gasteiger partial charge in [0, 0.05) is 29.6 Å². The summed E-state index contributed by atoms with van der Waals surface area (Å²) in [6.07, 6.45) is 1.58. The van der Waals surface area contributed by atoms with Gasteiger partial charge in [-0.1, -0.05) is 55.5 Å². The number of carbonyl (C=O) groups is 1. The molecule has 6 nitrogen and oxygen atoms in total. The molecule has 0 aliphatic rings. The first kappa shape index (κ1) is 22.6. The molecular weight excluding hydrogens is 414 g/mol. The highest BCUT2D eigenvalue weighted by Gasteiger charge is 2.28. The lowest BCUT2D eigenvalue weighted by molar-refractivity contribution is 0.0562. The number of benzene rings is 2. The molecule has 0 saturated heterocycles. The Bertz CT molecular complexity index is 1140. The van der Waals surface area contributed by atoms with Gasteiger partial charge in [-0.2, -0.15) is 0 Å². The molecule has 0 spiro atoms. The van der Waals surface area contributed by atoms with Crippen LogP contribution in [0.2, 0.25) is 0 Å². The molecule has 3 rings (SSSR count). The smallest absolute Gasteiger partial charge is 0.434 e. The third kappa shape index (κ3) is 5.17. The maximum absolute atomic E-state index is 13.0. The van der Waals surface area contributed by atoms with Crippen LogP contribution < -0.4 is 0 Å². The first-order valence-electron chi connectivity index (χ1n) is 10.2. The molecule has 0 fully saturated rings. The lowest BCUT2D eigenvalue weighted by atomic mass is 10.0. The normalized spacial score (nSPS) is 11.3. The number of hydrogen-bond donors (Lipinski definition) is 0. The van der Waals surface area contributed by atoms with Crippen molar-refractivity contribution in [2.75, 3.05) is 19.5 Å². The van der Waals surface area contributed by atoms with Crippen LogP contribution in [0.15, 0.2) is 65.7 Å². The lowest BCUT2D eigenvalue weighted by Crippen LogP contribution is -2.11. The summed E-state index contributed by atoms with van der Waals surface area (Å²) in [4.78, 5) is 11.7. The molecule has 0 atom stereocenters. The number of hydrogen-bond acceptors (Lipinski definition) is 5. The van der Waals surface area contributed by atoms with E-state index in [0.29, 0.717) is 25.0 Å². The van der Waals surface area contributed by atoms with Gasteiger partial charge >= 0.3 is 6.16 Å². The molecule has 0 unspecified atom stereocenters. The van der Waals surface area contributed by atoms with Gasteiger partial charge in [0.05, 0.1) is 13.2 Å². The lowest BCUT2D eigenvalue weighted by Gasteiger charge is -2.11. The summed E-state index contributed by atoms with van der Waals surface area (Å²) in [5.74, 6) is 0. The van der Waals surface area contributed by atoms with Crippen molar-refractivity contribution < 1.29 is 22.7 Å². The van der Waals surface area contributed by atoms with E-state index in [4.69, 9.17) is 9.47 Å². The van der Waals surface area contributed by atoms with Crippen molar-refractivity contribution in [3.8, 4) is 16.8 Å². The molecule has 7 heteroatoms. The Morgan fingerprint density at radius 1 is 0.935 bits per heavy atom. The maximum Gasteiger partial charge on any atom is 0.508 e. The van der Waals surface area contributed by atoms with Crippen LogP contribution in [-0.4, -0.2) is 38.6 Å². The molecule has 0 N–H and O–H groups in total. The summed E-state index contributed by atoms with van der Waals surface area (Å²) < 4.78 is 37.9. The van der Waals surface area contributed by atoms with Crippen molar-refractivity contribution in [2.24, 2.45) is 0 Å². The molecule has 164 valence electrons. The van der Waals surface area contributed by atoms with E-state index in [1.807, 2.05) is 74.5 Å². The van der Waals surface area contributed by atoms with E-state index in [2.05, 4.69) is 0 Å². The maximum atomic E-state index is 13.0. The van der Waals surface area contributed by atoms with Crippen LogP contribution in [0, 0.1) is 6.92 Å². The van der Waals surface area contributed by atoms with Gasteiger partial charge in [-0.15, -0.1) is 0 Å². The molecule has 0 bridgehead atoms. The summed E-state index contributed by atoms with van der Waals surface area (Å²) in [6.45, 7) is 4.18. The highest BCUT2D eigenvalue weighted by molar-refractivity contribution is 7.90. The van der Waals surface area contributed by atoms with Crippen molar-refractivity contribution in [3.63, 3.8) is 0 Å². The average Bonchev–Trinajstić information content (AvgIpc) is 3.06. The number of aromatic nitrogens is 1. The molecule has 1 aromatic heterocycles. The number of carbonyl (C=O) groups excluding carboxylic acids is 1. The van der Waals surface area contributed by atoms with E-state index in [-0.39, 0.29) is 11.6 Å². The monoisotopic (exact) mass is 441 g/mol. The highest BCUT2D eigenvalue weighted by Crippen LogP contribution is 2.38. The summed E-state index contributed by atoms with van der Waals surface area (Å²) in [6, 6.07) is 18.8. The highest BCUT2D eigenvalue weighted by atomic mass is 32.2. The van der Waals surface area contributed by atoms with E-state index in [9.17, 15) is 13.2 Å². The minimum atomic E-state index is -3.58. The molecule has 0 aliphatic heterocycles. The minimum Gasteiger partial charge on any atom is -0.434 e. The summed E-state index contributed by atoms with van der Waals surface area (Å²) in [7, 11) is -3.58. The molecule has 31 heavy (non-hydrogen) atoms. The number of sulfone groups is 1. The zero-order chi connectivity index (χ0) is 22.4. The Hall–Kier alpha value is -3.06. The number of ether oxygens (including phenoxy) is 2. The second-order valence-corrected chi connectivity index (χ2v) is 9.18. The van der Waals surface area contributed by atoms with E-state index >= 15 is 0 Å². The predicted octanol–water partition coefficient (Wildman–Crippen LogP) is 4.96. The SMILES string of the molecule is CCCOC(=O)OCCc1c(-c2ccccc2)c(S(C)(=O)=O)n(-c2ccccc2)c1C. The fourth-order valence-corrected chi connectivity index (χ4v) is 4.81. The molecule has 0 radical (unpaired) electrons. The second-order valence-electron chi connectivity index (χ2n) is 7.25. The van der Waals surface area contributed by atoms with Crippen LogP contribution >= 0.6 is 0 Å². The third-order valence-electron chi connectivity index (χ3n) is 4.91. The van der Waals surface area contributed by atoms with Crippen LogP contribution in [0.4, 0.5) is 4.79 Å². The van der Waals surface area contributed by atoms with Crippen LogP contribution in [-0.2, 0) is 25.7 Å². The molecule has 3 aromatic rings. The van der Waals surface area contributed by atoms with Crippen molar-refractivity contribution in [3.05, 3.63) is 71.9 Å². The molecule has 1 heterocycles. The molecule has 0 saturated carbocycles. The van der Waals surface area contributed by atoms with E-state index in [1.165, 1.54) is 6.26 Å². The Labute approximate surface area is 183 Å². The van der Waals surface area contributed by atoms with Crippen LogP contribution in [0.3, 0.4) is 0 Å². The van der Waals surface area contributed by atoms with Crippen molar-refractivity contribution in [1.82, 2.24) is 4.57 Å². The van der Waals surface area contributed by atoms with Gasteiger partial charge < -0.3 is 14.0 Å². The largest absolute Gasteiger partial charge is 0.508 e. The zero-order valence-electron chi connectivity index (χ0n) is 18.0. The molecule has 0 amide bonds. The van der Waals surface area contributed by atoms with Gasteiger partial charge in [-0.25, -0.2) is 13.2 Å². The van der Waals surface area contributed by atoms with E-state index in [1.54, 1.807) is 4.57 Å². The Balaban J connectivity index is 2.13.